The van der Waals surface area contributed by atoms with Crippen molar-refractivity contribution in [3.8, 4) is 6.07 Å². The fourth-order valence-corrected chi connectivity index (χ4v) is 2.21. The first-order valence-corrected chi connectivity index (χ1v) is 7.52. The standard InChI is InChI=1S/C17H22N4O3/c1-5-24-17(23)14(8-18)9-20-21-15(22)10-19-16-12(3)6-11(2)7-13(16)4/h6-7,9,19-20H,5,10H2,1-4H3,(H,21,22)/b14-9+. The van der Waals surface area contributed by atoms with Gasteiger partial charge in [-0.25, -0.2) is 4.79 Å². The smallest absolute Gasteiger partial charge is 0.350 e. The highest BCUT2D eigenvalue weighted by molar-refractivity contribution is 5.92. The molecule has 0 unspecified atom stereocenters. The van der Waals surface area contributed by atoms with Gasteiger partial charge in [-0.3, -0.25) is 10.2 Å². The normalized spacial score (nSPS) is 10.5. The van der Waals surface area contributed by atoms with Crippen LogP contribution in [0.15, 0.2) is 23.9 Å². The third kappa shape index (κ3) is 5.65. The summed E-state index contributed by atoms with van der Waals surface area (Å²) in [6, 6.07) is 5.76. The molecule has 0 spiro atoms. The second-order valence-electron chi connectivity index (χ2n) is 5.21. The maximum absolute atomic E-state index is 11.8. The molecule has 7 heteroatoms. The van der Waals surface area contributed by atoms with E-state index in [0.717, 1.165) is 28.6 Å². The van der Waals surface area contributed by atoms with Crippen LogP contribution >= 0.6 is 0 Å². The number of aryl methyl sites for hydroxylation is 3. The molecule has 0 atom stereocenters. The average molecular weight is 330 g/mol. The van der Waals surface area contributed by atoms with Gasteiger partial charge in [0.1, 0.15) is 6.07 Å². The van der Waals surface area contributed by atoms with E-state index in [2.05, 4.69) is 16.2 Å². The number of nitriles is 1. The van der Waals surface area contributed by atoms with E-state index >= 15 is 0 Å². The van der Waals surface area contributed by atoms with Crippen LogP contribution in [0.2, 0.25) is 0 Å². The largest absolute Gasteiger partial charge is 0.462 e. The van der Waals surface area contributed by atoms with Gasteiger partial charge in [-0.05, 0) is 38.8 Å². The van der Waals surface area contributed by atoms with E-state index in [1.54, 1.807) is 13.0 Å². The molecule has 1 amide bonds. The van der Waals surface area contributed by atoms with Crippen LogP contribution in [0.25, 0.3) is 0 Å². The van der Waals surface area contributed by atoms with E-state index in [4.69, 9.17) is 10.00 Å². The molecular weight excluding hydrogens is 308 g/mol. The van der Waals surface area contributed by atoms with Crippen LogP contribution in [0.4, 0.5) is 5.69 Å². The van der Waals surface area contributed by atoms with E-state index in [9.17, 15) is 9.59 Å². The number of nitrogens with one attached hydrogen (secondary N) is 3. The number of carbonyl (C=O) groups is 2. The van der Waals surface area contributed by atoms with Gasteiger partial charge < -0.3 is 15.5 Å². The lowest BCUT2D eigenvalue weighted by molar-refractivity contribution is -0.138. The molecule has 0 saturated carbocycles. The number of esters is 1. The van der Waals surface area contributed by atoms with Gasteiger partial charge in [-0.2, -0.15) is 5.26 Å². The monoisotopic (exact) mass is 330 g/mol. The highest BCUT2D eigenvalue weighted by Crippen LogP contribution is 2.21. The molecule has 7 nitrogen and oxygen atoms in total. The third-order valence-corrected chi connectivity index (χ3v) is 3.15. The lowest BCUT2D eigenvalue weighted by Crippen LogP contribution is -2.38. The van der Waals surface area contributed by atoms with Crippen molar-refractivity contribution in [2.45, 2.75) is 27.7 Å². The first-order valence-electron chi connectivity index (χ1n) is 7.52. The number of rotatable bonds is 7. The number of carbonyl (C=O) groups excluding carboxylic acids is 2. The van der Waals surface area contributed by atoms with Gasteiger partial charge in [0, 0.05) is 11.9 Å². The van der Waals surface area contributed by atoms with Gasteiger partial charge in [0.05, 0.1) is 13.2 Å². The number of anilines is 1. The second kappa shape index (κ2) is 9.20. The first-order chi connectivity index (χ1) is 11.4. The Morgan fingerprint density at radius 2 is 1.88 bits per heavy atom. The molecule has 0 radical (unpaired) electrons. The zero-order valence-electron chi connectivity index (χ0n) is 14.3. The van der Waals surface area contributed by atoms with Gasteiger partial charge in [0.25, 0.3) is 5.91 Å². The minimum absolute atomic E-state index is 0.0485. The van der Waals surface area contributed by atoms with Crippen LogP contribution in [0.3, 0.4) is 0 Å². The SMILES string of the molecule is CCOC(=O)/C(C#N)=C/NNC(=O)CNc1c(C)cc(C)cc1C. The predicted octanol–water partition coefficient (Wildman–Crippen LogP) is 1.62. The van der Waals surface area contributed by atoms with Crippen molar-refractivity contribution in [3.05, 3.63) is 40.6 Å². The number of hydrogen-bond acceptors (Lipinski definition) is 6. The second-order valence-corrected chi connectivity index (χ2v) is 5.21. The van der Waals surface area contributed by atoms with Gasteiger partial charge in [0.15, 0.2) is 5.57 Å². The summed E-state index contributed by atoms with van der Waals surface area (Å²) in [6.07, 6.45) is 1.10. The maximum Gasteiger partial charge on any atom is 0.350 e. The topological polar surface area (TPSA) is 103 Å². The summed E-state index contributed by atoms with van der Waals surface area (Å²) < 4.78 is 4.70. The Kier molecular flexibility index (Phi) is 7.30. The molecule has 3 N–H and O–H groups in total. The molecule has 0 bridgehead atoms. The van der Waals surface area contributed by atoms with Crippen LogP contribution in [0.1, 0.15) is 23.6 Å². The van der Waals surface area contributed by atoms with Crippen LogP contribution in [0.5, 0.6) is 0 Å². The summed E-state index contributed by atoms with van der Waals surface area (Å²) in [5.41, 5.74) is 8.77. The van der Waals surface area contributed by atoms with E-state index in [1.165, 1.54) is 0 Å². The number of benzene rings is 1. The molecule has 1 rings (SSSR count). The molecule has 24 heavy (non-hydrogen) atoms. The van der Waals surface area contributed by atoms with Gasteiger partial charge in [0.2, 0.25) is 0 Å². The predicted molar refractivity (Wildman–Crippen MR) is 90.8 cm³/mol. The molecule has 0 heterocycles. The van der Waals surface area contributed by atoms with Crippen LogP contribution in [-0.2, 0) is 14.3 Å². The van der Waals surface area contributed by atoms with Crippen LogP contribution < -0.4 is 16.2 Å². The zero-order valence-corrected chi connectivity index (χ0v) is 14.3. The Bertz CT molecular complexity index is 667. The van der Waals surface area contributed by atoms with Crippen molar-refractivity contribution >= 4 is 17.6 Å². The van der Waals surface area contributed by atoms with Crippen LogP contribution in [0, 0.1) is 32.1 Å². The van der Waals surface area contributed by atoms with Crippen LogP contribution in [-0.4, -0.2) is 25.0 Å². The summed E-state index contributed by atoms with van der Waals surface area (Å²) >= 11 is 0. The average Bonchev–Trinajstić information content (AvgIpc) is 2.50. The molecule has 0 aliphatic carbocycles. The van der Waals surface area contributed by atoms with Crippen molar-refractivity contribution in [3.63, 3.8) is 0 Å². The van der Waals surface area contributed by atoms with Crippen molar-refractivity contribution in [1.82, 2.24) is 10.9 Å². The quantitative estimate of drug-likeness (QED) is 0.304. The summed E-state index contributed by atoms with van der Waals surface area (Å²) in [4.78, 5) is 23.2. The fraction of sp³-hybridized carbons (Fsp3) is 0.353. The van der Waals surface area contributed by atoms with Crippen molar-refractivity contribution in [2.75, 3.05) is 18.5 Å². The molecule has 128 valence electrons. The third-order valence-electron chi connectivity index (χ3n) is 3.15. The Hall–Kier alpha value is -3.01. The highest BCUT2D eigenvalue weighted by Gasteiger charge is 2.10. The Morgan fingerprint density at radius 3 is 2.42 bits per heavy atom. The Labute approximate surface area is 141 Å². The maximum atomic E-state index is 11.8. The molecule has 1 aromatic carbocycles. The summed E-state index contributed by atoms with van der Waals surface area (Å²) in [7, 11) is 0. The van der Waals surface area contributed by atoms with E-state index < -0.39 is 5.97 Å². The summed E-state index contributed by atoms with van der Waals surface area (Å²) in [5.74, 6) is -1.09. The van der Waals surface area contributed by atoms with Gasteiger partial charge in [-0.1, -0.05) is 17.7 Å². The number of hydrogen-bond donors (Lipinski definition) is 3. The Morgan fingerprint density at radius 1 is 1.25 bits per heavy atom. The van der Waals surface area contributed by atoms with Crippen molar-refractivity contribution < 1.29 is 14.3 Å². The first kappa shape index (κ1) is 19.0. The molecule has 0 fully saturated rings. The lowest BCUT2D eigenvalue weighted by Gasteiger charge is -2.13. The number of amides is 1. The molecule has 1 aromatic rings. The lowest BCUT2D eigenvalue weighted by atomic mass is 10.1. The van der Waals surface area contributed by atoms with E-state index in [1.807, 2.05) is 32.9 Å². The van der Waals surface area contributed by atoms with Gasteiger partial charge in [-0.15, -0.1) is 0 Å². The summed E-state index contributed by atoms with van der Waals surface area (Å²) in [6.45, 7) is 7.82. The number of hydrazine groups is 1. The minimum atomic E-state index is -0.745. The van der Waals surface area contributed by atoms with Crippen molar-refractivity contribution in [1.29, 1.82) is 5.26 Å². The molecule has 0 aromatic heterocycles. The zero-order chi connectivity index (χ0) is 18.1. The van der Waals surface area contributed by atoms with Gasteiger partial charge >= 0.3 is 5.97 Å². The van der Waals surface area contributed by atoms with Crippen molar-refractivity contribution in [2.24, 2.45) is 0 Å². The fourth-order valence-electron chi connectivity index (χ4n) is 2.21. The number of ether oxygens (including phenoxy) is 1. The molecule has 0 aliphatic heterocycles. The van der Waals surface area contributed by atoms with E-state index in [0.29, 0.717) is 0 Å². The minimum Gasteiger partial charge on any atom is -0.462 e. The number of nitrogens with zero attached hydrogens (tertiary/aromatic N) is 1. The molecular formula is C17H22N4O3. The summed E-state index contributed by atoms with van der Waals surface area (Å²) in [5, 5.41) is 11.9. The highest BCUT2D eigenvalue weighted by atomic mass is 16.5. The molecule has 0 saturated heterocycles. The molecule has 0 aliphatic rings. The Balaban J connectivity index is 2.53. The van der Waals surface area contributed by atoms with E-state index in [-0.39, 0.29) is 24.6 Å².